The standard InChI is InChI=1S/C13H21N3O2/c1-3-14-12(11-6-7-18-9-11)8-16-13(17)5-4-10(2)15-16/h4-5,11-12,14H,3,6-9H2,1-2H3. The van der Waals surface area contributed by atoms with Gasteiger partial charge in [0.05, 0.1) is 18.8 Å². The quantitative estimate of drug-likeness (QED) is 0.831. The lowest BCUT2D eigenvalue weighted by Gasteiger charge is -2.23. The Morgan fingerprint density at radius 2 is 2.44 bits per heavy atom. The van der Waals surface area contributed by atoms with E-state index < -0.39 is 0 Å². The minimum atomic E-state index is -0.0394. The fourth-order valence-corrected chi connectivity index (χ4v) is 2.38. The molecule has 0 radical (unpaired) electrons. The zero-order valence-corrected chi connectivity index (χ0v) is 11.1. The van der Waals surface area contributed by atoms with Crippen molar-refractivity contribution < 1.29 is 4.74 Å². The van der Waals surface area contributed by atoms with Crippen molar-refractivity contribution in [2.24, 2.45) is 5.92 Å². The summed E-state index contributed by atoms with van der Waals surface area (Å²) in [5.74, 6) is 0.471. The van der Waals surface area contributed by atoms with E-state index >= 15 is 0 Å². The van der Waals surface area contributed by atoms with Crippen LogP contribution in [0.1, 0.15) is 19.0 Å². The predicted octanol–water partition coefficient (Wildman–Crippen LogP) is 0.566. The summed E-state index contributed by atoms with van der Waals surface area (Å²) in [4.78, 5) is 11.8. The van der Waals surface area contributed by atoms with Crippen molar-refractivity contribution in [3.05, 3.63) is 28.2 Å². The number of hydrogen-bond acceptors (Lipinski definition) is 4. The minimum Gasteiger partial charge on any atom is -0.381 e. The molecular formula is C13H21N3O2. The summed E-state index contributed by atoms with van der Waals surface area (Å²) in [6.07, 6.45) is 1.05. The Kier molecular flexibility index (Phi) is 4.49. The molecule has 2 heterocycles. The average Bonchev–Trinajstić information content (AvgIpc) is 2.87. The van der Waals surface area contributed by atoms with Gasteiger partial charge in [-0.05, 0) is 26.0 Å². The first-order chi connectivity index (χ1) is 8.70. The molecule has 2 unspecified atom stereocenters. The molecule has 0 saturated carbocycles. The second kappa shape index (κ2) is 6.11. The van der Waals surface area contributed by atoms with Gasteiger partial charge < -0.3 is 10.1 Å². The van der Waals surface area contributed by atoms with Gasteiger partial charge in [-0.2, -0.15) is 5.10 Å². The Morgan fingerprint density at radius 3 is 3.11 bits per heavy atom. The molecule has 0 spiro atoms. The maximum atomic E-state index is 11.8. The molecule has 5 heteroatoms. The third-order valence-corrected chi connectivity index (χ3v) is 3.37. The van der Waals surface area contributed by atoms with E-state index in [9.17, 15) is 4.79 Å². The van der Waals surface area contributed by atoms with E-state index in [1.807, 2.05) is 6.92 Å². The second-order valence-electron chi connectivity index (χ2n) is 4.78. The highest BCUT2D eigenvalue weighted by atomic mass is 16.5. The van der Waals surface area contributed by atoms with Crippen molar-refractivity contribution in [1.29, 1.82) is 0 Å². The van der Waals surface area contributed by atoms with Gasteiger partial charge in [0.25, 0.3) is 5.56 Å². The van der Waals surface area contributed by atoms with Crippen LogP contribution in [0.15, 0.2) is 16.9 Å². The molecule has 0 amide bonds. The largest absolute Gasteiger partial charge is 0.381 e. The maximum Gasteiger partial charge on any atom is 0.266 e. The SMILES string of the molecule is CCNC(Cn1nc(C)ccc1=O)C1CCOC1. The normalized spacial score (nSPS) is 21.1. The average molecular weight is 251 g/mol. The third-order valence-electron chi connectivity index (χ3n) is 3.37. The molecule has 1 aliphatic heterocycles. The van der Waals surface area contributed by atoms with Gasteiger partial charge in [0.1, 0.15) is 0 Å². The van der Waals surface area contributed by atoms with Crippen molar-refractivity contribution in [3.63, 3.8) is 0 Å². The van der Waals surface area contributed by atoms with Gasteiger partial charge in [0, 0.05) is 24.6 Å². The van der Waals surface area contributed by atoms with Crippen molar-refractivity contribution in [2.45, 2.75) is 32.9 Å². The molecule has 1 aliphatic rings. The summed E-state index contributed by atoms with van der Waals surface area (Å²) in [5, 5.41) is 7.73. The molecule has 0 aromatic carbocycles. The number of aromatic nitrogens is 2. The number of rotatable bonds is 5. The van der Waals surface area contributed by atoms with E-state index in [1.165, 1.54) is 0 Å². The summed E-state index contributed by atoms with van der Waals surface area (Å²) in [6, 6.07) is 3.58. The number of nitrogens with one attached hydrogen (secondary N) is 1. The molecule has 5 nitrogen and oxygen atoms in total. The zero-order chi connectivity index (χ0) is 13.0. The summed E-state index contributed by atoms with van der Waals surface area (Å²) in [7, 11) is 0. The molecule has 1 aromatic rings. The molecule has 1 fully saturated rings. The Hall–Kier alpha value is -1.20. The van der Waals surface area contributed by atoms with Gasteiger partial charge in [0.15, 0.2) is 0 Å². The van der Waals surface area contributed by atoms with Gasteiger partial charge >= 0.3 is 0 Å². The molecule has 1 aromatic heterocycles. The fourth-order valence-electron chi connectivity index (χ4n) is 2.38. The summed E-state index contributed by atoms with van der Waals surface area (Å²) in [6.45, 7) is 7.08. The van der Waals surface area contributed by atoms with Crippen LogP contribution in [-0.4, -0.2) is 35.6 Å². The lowest BCUT2D eigenvalue weighted by molar-refractivity contribution is 0.173. The zero-order valence-electron chi connectivity index (χ0n) is 11.1. The molecule has 2 atom stereocenters. The third kappa shape index (κ3) is 3.17. The van der Waals surface area contributed by atoms with Crippen LogP contribution in [0.4, 0.5) is 0 Å². The molecule has 18 heavy (non-hydrogen) atoms. The van der Waals surface area contributed by atoms with Crippen molar-refractivity contribution >= 4 is 0 Å². The van der Waals surface area contributed by atoms with Crippen molar-refractivity contribution in [1.82, 2.24) is 15.1 Å². The smallest absolute Gasteiger partial charge is 0.266 e. The van der Waals surface area contributed by atoms with Crippen LogP contribution >= 0.6 is 0 Å². The van der Waals surface area contributed by atoms with Crippen molar-refractivity contribution in [2.75, 3.05) is 19.8 Å². The first-order valence-corrected chi connectivity index (χ1v) is 6.56. The van der Waals surface area contributed by atoms with Crippen LogP contribution in [0.3, 0.4) is 0 Å². The number of aryl methyl sites for hydroxylation is 1. The lowest BCUT2D eigenvalue weighted by Crippen LogP contribution is -2.42. The summed E-state index contributed by atoms with van der Waals surface area (Å²) < 4.78 is 6.98. The molecule has 1 saturated heterocycles. The van der Waals surface area contributed by atoms with Crippen LogP contribution in [0.25, 0.3) is 0 Å². The second-order valence-corrected chi connectivity index (χ2v) is 4.78. The van der Waals surface area contributed by atoms with Gasteiger partial charge in [-0.1, -0.05) is 6.92 Å². The van der Waals surface area contributed by atoms with E-state index in [0.717, 1.165) is 31.9 Å². The number of likely N-dealkylation sites (N-methyl/N-ethyl adjacent to an activating group) is 1. The Labute approximate surface area is 107 Å². The molecule has 2 rings (SSSR count). The Morgan fingerprint density at radius 1 is 1.61 bits per heavy atom. The monoisotopic (exact) mass is 251 g/mol. The van der Waals surface area contributed by atoms with Gasteiger partial charge in [-0.25, -0.2) is 4.68 Å². The van der Waals surface area contributed by atoms with E-state index in [2.05, 4.69) is 17.3 Å². The minimum absolute atomic E-state index is 0.0394. The molecule has 0 aliphatic carbocycles. The van der Waals surface area contributed by atoms with E-state index in [-0.39, 0.29) is 11.6 Å². The lowest BCUT2D eigenvalue weighted by atomic mass is 9.99. The number of nitrogens with zero attached hydrogens (tertiary/aromatic N) is 2. The predicted molar refractivity (Wildman–Crippen MR) is 69.6 cm³/mol. The maximum absolute atomic E-state index is 11.8. The van der Waals surface area contributed by atoms with Crippen molar-refractivity contribution in [3.8, 4) is 0 Å². The topological polar surface area (TPSA) is 56.2 Å². The van der Waals surface area contributed by atoms with Gasteiger partial charge in [0.2, 0.25) is 0 Å². The van der Waals surface area contributed by atoms with E-state index in [4.69, 9.17) is 4.74 Å². The summed E-state index contributed by atoms with van der Waals surface area (Å²) >= 11 is 0. The first kappa shape index (κ1) is 13.2. The number of hydrogen-bond donors (Lipinski definition) is 1. The molecule has 100 valence electrons. The highest BCUT2D eigenvalue weighted by molar-refractivity contribution is 4.97. The van der Waals surface area contributed by atoms with E-state index in [1.54, 1.807) is 16.8 Å². The van der Waals surface area contributed by atoms with E-state index in [0.29, 0.717) is 12.5 Å². The molecule has 1 N–H and O–H groups in total. The highest BCUT2D eigenvalue weighted by Gasteiger charge is 2.25. The fraction of sp³-hybridized carbons (Fsp3) is 0.692. The van der Waals surface area contributed by atoms with Gasteiger partial charge in [-0.3, -0.25) is 4.79 Å². The molecule has 0 bridgehead atoms. The molecular weight excluding hydrogens is 230 g/mol. The van der Waals surface area contributed by atoms with Crippen LogP contribution in [0.5, 0.6) is 0 Å². The van der Waals surface area contributed by atoms with Gasteiger partial charge in [-0.15, -0.1) is 0 Å². The highest BCUT2D eigenvalue weighted by Crippen LogP contribution is 2.17. The van der Waals surface area contributed by atoms with Crippen LogP contribution in [-0.2, 0) is 11.3 Å². The van der Waals surface area contributed by atoms with Crippen LogP contribution in [0, 0.1) is 12.8 Å². The summed E-state index contributed by atoms with van der Waals surface area (Å²) in [5.41, 5.74) is 0.829. The van der Waals surface area contributed by atoms with Crippen LogP contribution in [0.2, 0.25) is 0 Å². The Balaban J connectivity index is 2.12. The first-order valence-electron chi connectivity index (χ1n) is 6.56. The number of ether oxygens (including phenoxy) is 1. The van der Waals surface area contributed by atoms with Crippen LogP contribution < -0.4 is 10.9 Å². The Bertz CT molecular complexity index is 438.